The molecule has 0 bridgehead atoms. The van der Waals surface area contributed by atoms with Gasteiger partial charge in [0.05, 0.1) is 12.7 Å². The quantitative estimate of drug-likeness (QED) is 0.793. The maximum absolute atomic E-state index is 13.6. The Balaban J connectivity index is 1.89. The van der Waals surface area contributed by atoms with Crippen molar-refractivity contribution in [2.24, 2.45) is 0 Å². The minimum absolute atomic E-state index is 0.191. The van der Waals surface area contributed by atoms with Crippen LogP contribution in [0, 0.1) is 5.82 Å². The highest BCUT2D eigenvalue weighted by Crippen LogP contribution is 2.44. The van der Waals surface area contributed by atoms with Crippen molar-refractivity contribution in [1.29, 1.82) is 0 Å². The van der Waals surface area contributed by atoms with Crippen molar-refractivity contribution in [1.82, 2.24) is 4.98 Å². The molecule has 148 valence electrons. The first-order chi connectivity index (χ1) is 13.2. The van der Waals surface area contributed by atoms with Crippen molar-refractivity contribution in [3.05, 3.63) is 53.6 Å². The number of nitrogens with one attached hydrogen (secondary N) is 1. The maximum atomic E-state index is 13.6. The Morgan fingerprint density at radius 1 is 1.29 bits per heavy atom. The highest BCUT2D eigenvalue weighted by Gasteiger charge is 2.45. The number of ketones is 1. The van der Waals surface area contributed by atoms with Crippen LogP contribution in [0.5, 0.6) is 5.75 Å². The molecule has 1 aromatic heterocycles. The number of pyridine rings is 1. The fraction of sp³-hybridized carbons (Fsp3) is 0.381. The monoisotopic (exact) mass is 386 g/mol. The second kappa shape index (κ2) is 7.67. The summed E-state index contributed by atoms with van der Waals surface area (Å²) in [6.45, 7) is 5.22. The summed E-state index contributed by atoms with van der Waals surface area (Å²) in [6.07, 6.45) is 1.25. The number of Topliss-reactive ketones (excluding diaryl/α,β-unsaturated/α-hetero) is 1. The molecule has 2 atom stereocenters. The molecule has 0 aliphatic carbocycles. The summed E-state index contributed by atoms with van der Waals surface area (Å²) in [6, 6.07) is 7.41. The SMILES string of the molecule is COc1cc(F)ccc1[C@H]1CC(C)(C)O[C@H]1C(=O)Nc1ccnc(C(C)=O)c1. The predicted octanol–water partition coefficient (Wildman–Crippen LogP) is 3.72. The molecule has 2 aromatic rings. The van der Waals surface area contributed by atoms with Gasteiger partial charge in [0.25, 0.3) is 5.91 Å². The molecule has 0 unspecified atom stereocenters. The van der Waals surface area contributed by atoms with Gasteiger partial charge in [0.15, 0.2) is 5.78 Å². The average Bonchev–Trinajstić information content (AvgIpc) is 2.97. The summed E-state index contributed by atoms with van der Waals surface area (Å²) in [5.74, 6) is -0.870. The number of carbonyl (C=O) groups excluding carboxylic acids is 2. The number of hydrogen-bond donors (Lipinski definition) is 1. The van der Waals surface area contributed by atoms with E-state index in [1.807, 2.05) is 13.8 Å². The summed E-state index contributed by atoms with van der Waals surface area (Å²) < 4.78 is 24.9. The minimum Gasteiger partial charge on any atom is -0.496 e. The molecule has 0 spiro atoms. The van der Waals surface area contributed by atoms with Crippen LogP contribution in [-0.4, -0.2) is 35.5 Å². The van der Waals surface area contributed by atoms with Crippen LogP contribution in [-0.2, 0) is 9.53 Å². The third-order valence-corrected chi connectivity index (χ3v) is 4.76. The van der Waals surface area contributed by atoms with Gasteiger partial charge in [0.2, 0.25) is 0 Å². The van der Waals surface area contributed by atoms with Crippen LogP contribution in [0.2, 0.25) is 0 Å². The normalized spacial score (nSPS) is 20.6. The molecule has 1 amide bonds. The van der Waals surface area contributed by atoms with Gasteiger partial charge >= 0.3 is 0 Å². The molecule has 6 nitrogen and oxygen atoms in total. The van der Waals surface area contributed by atoms with Crippen molar-refractivity contribution in [3.8, 4) is 5.75 Å². The van der Waals surface area contributed by atoms with Crippen molar-refractivity contribution in [3.63, 3.8) is 0 Å². The number of benzene rings is 1. The summed E-state index contributed by atoms with van der Waals surface area (Å²) in [4.78, 5) is 28.5. The molecule has 7 heteroatoms. The number of hydrogen-bond acceptors (Lipinski definition) is 5. The van der Waals surface area contributed by atoms with E-state index in [0.717, 1.165) is 0 Å². The molecule has 0 saturated carbocycles. The number of aromatic nitrogens is 1. The first kappa shape index (κ1) is 19.9. The average molecular weight is 386 g/mol. The summed E-state index contributed by atoms with van der Waals surface area (Å²) in [5.41, 5.74) is 0.911. The molecule has 2 heterocycles. The van der Waals surface area contributed by atoms with Gasteiger partial charge in [0.1, 0.15) is 23.4 Å². The van der Waals surface area contributed by atoms with Crippen LogP contribution in [0.25, 0.3) is 0 Å². The lowest BCUT2D eigenvalue weighted by Crippen LogP contribution is -2.33. The molecular formula is C21H23FN2O4. The van der Waals surface area contributed by atoms with Gasteiger partial charge in [-0.15, -0.1) is 0 Å². The Hall–Kier alpha value is -2.80. The molecule has 1 aliphatic heterocycles. The highest BCUT2D eigenvalue weighted by atomic mass is 19.1. The molecule has 3 rings (SSSR count). The lowest BCUT2D eigenvalue weighted by atomic mass is 9.87. The van der Waals surface area contributed by atoms with Gasteiger partial charge in [0, 0.05) is 36.4 Å². The van der Waals surface area contributed by atoms with E-state index >= 15 is 0 Å². The summed E-state index contributed by atoms with van der Waals surface area (Å²) >= 11 is 0. The van der Waals surface area contributed by atoms with E-state index in [2.05, 4.69) is 10.3 Å². The number of nitrogens with zero attached hydrogens (tertiary/aromatic N) is 1. The first-order valence-electron chi connectivity index (χ1n) is 8.99. The van der Waals surface area contributed by atoms with Crippen LogP contribution in [0.3, 0.4) is 0 Å². The number of carbonyl (C=O) groups is 2. The zero-order valence-electron chi connectivity index (χ0n) is 16.3. The summed E-state index contributed by atoms with van der Waals surface area (Å²) in [7, 11) is 1.47. The zero-order valence-corrected chi connectivity index (χ0v) is 16.3. The minimum atomic E-state index is -0.789. The third-order valence-electron chi connectivity index (χ3n) is 4.76. The van der Waals surface area contributed by atoms with E-state index in [-0.39, 0.29) is 23.3 Å². The van der Waals surface area contributed by atoms with Crippen LogP contribution >= 0.6 is 0 Å². The van der Waals surface area contributed by atoms with Gasteiger partial charge in [-0.25, -0.2) is 4.39 Å². The zero-order chi connectivity index (χ0) is 20.5. The number of ether oxygens (including phenoxy) is 2. The van der Waals surface area contributed by atoms with E-state index < -0.39 is 17.5 Å². The van der Waals surface area contributed by atoms with Crippen molar-refractivity contribution < 1.29 is 23.5 Å². The first-order valence-corrected chi connectivity index (χ1v) is 8.99. The topological polar surface area (TPSA) is 77.5 Å². The Morgan fingerprint density at radius 3 is 2.71 bits per heavy atom. The van der Waals surface area contributed by atoms with E-state index in [1.54, 1.807) is 12.1 Å². The van der Waals surface area contributed by atoms with E-state index in [9.17, 15) is 14.0 Å². The number of halogens is 1. The molecule has 1 aliphatic rings. The van der Waals surface area contributed by atoms with Gasteiger partial charge < -0.3 is 14.8 Å². The smallest absolute Gasteiger partial charge is 0.254 e. The van der Waals surface area contributed by atoms with Crippen LogP contribution in [0.15, 0.2) is 36.5 Å². The Morgan fingerprint density at radius 2 is 2.04 bits per heavy atom. The Kier molecular flexibility index (Phi) is 5.47. The Bertz CT molecular complexity index is 913. The lowest BCUT2D eigenvalue weighted by molar-refractivity contribution is -0.130. The van der Waals surface area contributed by atoms with Gasteiger partial charge in [-0.2, -0.15) is 0 Å². The van der Waals surface area contributed by atoms with Crippen LogP contribution in [0.4, 0.5) is 10.1 Å². The number of amides is 1. The van der Waals surface area contributed by atoms with E-state index in [0.29, 0.717) is 23.4 Å². The molecule has 1 fully saturated rings. The third kappa shape index (κ3) is 4.20. The van der Waals surface area contributed by atoms with E-state index in [1.165, 1.54) is 38.4 Å². The van der Waals surface area contributed by atoms with Crippen LogP contribution < -0.4 is 10.1 Å². The number of anilines is 1. The largest absolute Gasteiger partial charge is 0.496 e. The maximum Gasteiger partial charge on any atom is 0.254 e. The highest BCUT2D eigenvalue weighted by molar-refractivity contribution is 5.97. The van der Waals surface area contributed by atoms with Crippen molar-refractivity contribution >= 4 is 17.4 Å². The fourth-order valence-corrected chi connectivity index (χ4v) is 3.53. The standard InChI is InChI=1S/C21H23FN2O4/c1-12(25)17-10-14(7-8-23-17)24-20(26)19-16(11-21(2,3)28-19)15-6-5-13(22)9-18(15)27-4/h5-10,16,19H,11H2,1-4H3,(H,23,24,26)/t16-,19-/m1/s1. The molecule has 1 N–H and O–H groups in total. The number of rotatable bonds is 5. The molecule has 1 aromatic carbocycles. The molecular weight excluding hydrogens is 363 g/mol. The Labute approximate surface area is 163 Å². The predicted molar refractivity (Wildman–Crippen MR) is 102 cm³/mol. The van der Waals surface area contributed by atoms with Crippen LogP contribution in [0.1, 0.15) is 49.2 Å². The van der Waals surface area contributed by atoms with E-state index in [4.69, 9.17) is 9.47 Å². The van der Waals surface area contributed by atoms with Gasteiger partial charge in [-0.1, -0.05) is 6.07 Å². The lowest BCUT2D eigenvalue weighted by Gasteiger charge is -2.21. The second-order valence-electron chi connectivity index (χ2n) is 7.47. The molecule has 0 radical (unpaired) electrons. The second-order valence-corrected chi connectivity index (χ2v) is 7.47. The van der Waals surface area contributed by atoms with Crippen molar-refractivity contribution in [2.75, 3.05) is 12.4 Å². The van der Waals surface area contributed by atoms with Gasteiger partial charge in [-0.05, 0) is 38.5 Å². The molecule has 28 heavy (non-hydrogen) atoms. The van der Waals surface area contributed by atoms with Gasteiger partial charge in [-0.3, -0.25) is 14.6 Å². The van der Waals surface area contributed by atoms with Crippen molar-refractivity contribution in [2.45, 2.75) is 44.8 Å². The summed E-state index contributed by atoms with van der Waals surface area (Å²) in [5, 5.41) is 2.79. The fourth-order valence-electron chi connectivity index (χ4n) is 3.53. The molecule has 1 saturated heterocycles. The number of methoxy groups -OCH3 is 1.